The number of carbonyl (C=O) groups excluding carboxylic acids is 2. The minimum Gasteiger partial charge on any atom is -0.490 e. The van der Waals surface area contributed by atoms with Crippen LogP contribution in [0.2, 0.25) is 5.02 Å². The van der Waals surface area contributed by atoms with Crippen molar-refractivity contribution in [3.8, 4) is 17.2 Å². The molecule has 6 nitrogen and oxygen atoms in total. The summed E-state index contributed by atoms with van der Waals surface area (Å²) in [7, 11) is 0. The Kier molecular flexibility index (Phi) is 7.69. The molecule has 0 saturated carbocycles. The van der Waals surface area contributed by atoms with Crippen molar-refractivity contribution in [1.29, 1.82) is 0 Å². The fourth-order valence-electron chi connectivity index (χ4n) is 2.39. The Labute approximate surface area is 178 Å². The van der Waals surface area contributed by atoms with Gasteiger partial charge in [0.15, 0.2) is 6.61 Å². The standard InChI is InChI=1S/C23H19ClO6/c24-18-8-12-20(13-9-18)29-16-22(25)30-21-10-6-17(7-11-21)23(26)28-15-14-27-19-4-2-1-3-5-19/h1-13H,14-16H2. The molecule has 0 unspecified atom stereocenters. The van der Waals surface area contributed by atoms with E-state index in [1.807, 2.05) is 30.3 Å². The zero-order valence-corrected chi connectivity index (χ0v) is 16.7. The van der Waals surface area contributed by atoms with Gasteiger partial charge in [0, 0.05) is 5.02 Å². The predicted octanol–water partition coefficient (Wildman–Crippen LogP) is 4.56. The van der Waals surface area contributed by atoms with Gasteiger partial charge in [-0.15, -0.1) is 0 Å². The van der Waals surface area contributed by atoms with Gasteiger partial charge in [-0.3, -0.25) is 0 Å². The van der Waals surface area contributed by atoms with E-state index in [0.29, 0.717) is 27.8 Å². The third-order valence-electron chi connectivity index (χ3n) is 3.82. The molecule has 3 aromatic carbocycles. The van der Waals surface area contributed by atoms with Crippen LogP contribution in [0, 0.1) is 0 Å². The number of hydrogen-bond donors (Lipinski definition) is 0. The van der Waals surface area contributed by atoms with E-state index in [1.165, 1.54) is 24.3 Å². The highest BCUT2D eigenvalue weighted by molar-refractivity contribution is 6.30. The number of benzene rings is 3. The molecule has 0 fully saturated rings. The van der Waals surface area contributed by atoms with E-state index in [9.17, 15) is 9.59 Å². The summed E-state index contributed by atoms with van der Waals surface area (Å²) in [5.41, 5.74) is 0.340. The molecule has 0 aliphatic carbocycles. The monoisotopic (exact) mass is 426 g/mol. The number of rotatable bonds is 9. The van der Waals surface area contributed by atoms with Crippen LogP contribution in [0.1, 0.15) is 10.4 Å². The normalized spacial score (nSPS) is 10.2. The molecule has 0 aromatic heterocycles. The SMILES string of the molecule is O=C(COc1ccc(Cl)cc1)Oc1ccc(C(=O)OCCOc2ccccc2)cc1. The Bertz CT molecular complexity index is 955. The van der Waals surface area contributed by atoms with Crippen LogP contribution in [0.15, 0.2) is 78.9 Å². The van der Waals surface area contributed by atoms with Gasteiger partial charge in [-0.2, -0.15) is 0 Å². The smallest absolute Gasteiger partial charge is 0.349 e. The van der Waals surface area contributed by atoms with Crippen molar-refractivity contribution in [2.45, 2.75) is 0 Å². The van der Waals surface area contributed by atoms with E-state index in [4.69, 9.17) is 30.5 Å². The number of para-hydroxylation sites is 1. The topological polar surface area (TPSA) is 71.1 Å². The maximum absolute atomic E-state index is 12.1. The Hall–Kier alpha value is -3.51. The summed E-state index contributed by atoms with van der Waals surface area (Å²) in [5, 5.41) is 0.576. The number of hydrogen-bond acceptors (Lipinski definition) is 6. The molecule has 3 rings (SSSR count). The summed E-state index contributed by atoms with van der Waals surface area (Å²) in [6, 6.07) is 21.9. The van der Waals surface area contributed by atoms with Gasteiger partial charge < -0.3 is 18.9 Å². The van der Waals surface area contributed by atoms with E-state index in [-0.39, 0.29) is 19.8 Å². The second-order valence-corrected chi connectivity index (χ2v) is 6.47. The largest absolute Gasteiger partial charge is 0.490 e. The fraction of sp³-hybridized carbons (Fsp3) is 0.130. The first kappa shape index (κ1) is 21.2. The highest BCUT2D eigenvalue weighted by Crippen LogP contribution is 2.16. The van der Waals surface area contributed by atoms with Gasteiger partial charge >= 0.3 is 11.9 Å². The molecule has 0 heterocycles. The van der Waals surface area contributed by atoms with Crippen LogP contribution in [0.5, 0.6) is 17.2 Å². The van der Waals surface area contributed by atoms with Crippen molar-refractivity contribution in [2.24, 2.45) is 0 Å². The molecule has 0 atom stereocenters. The molecular weight excluding hydrogens is 408 g/mol. The van der Waals surface area contributed by atoms with Crippen molar-refractivity contribution in [3.05, 3.63) is 89.4 Å². The van der Waals surface area contributed by atoms with Gasteiger partial charge in [0.2, 0.25) is 0 Å². The Balaban J connectivity index is 1.39. The van der Waals surface area contributed by atoms with Gasteiger partial charge in [0.25, 0.3) is 0 Å². The number of carbonyl (C=O) groups is 2. The molecule has 3 aromatic rings. The van der Waals surface area contributed by atoms with E-state index >= 15 is 0 Å². The summed E-state index contributed by atoms with van der Waals surface area (Å²) in [4.78, 5) is 23.9. The minimum atomic E-state index is -0.571. The molecule has 0 saturated heterocycles. The third-order valence-corrected chi connectivity index (χ3v) is 4.07. The van der Waals surface area contributed by atoms with Crippen LogP contribution in [0.4, 0.5) is 0 Å². The lowest BCUT2D eigenvalue weighted by Gasteiger charge is -2.08. The van der Waals surface area contributed by atoms with Crippen LogP contribution >= 0.6 is 11.6 Å². The average Bonchev–Trinajstić information content (AvgIpc) is 2.77. The number of esters is 2. The quantitative estimate of drug-likeness (QED) is 0.284. The first-order chi connectivity index (χ1) is 14.6. The van der Waals surface area contributed by atoms with Crippen molar-refractivity contribution < 1.29 is 28.5 Å². The van der Waals surface area contributed by atoms with Crippen molar-refractivity contribution in [3.63, 3.8) is 0 Å². The second kappa shape index (κ2) is 10.9. The highest BCUT2D eigenvalue weighted by atomic mass is 35.5. The second-order valence-electron chi connectivity index (χ2n) is 6.04. The van der Waals surface area contributed by atoms with E-state index in [2.05, 4.69) is 0 Å². The highest BCUT2D eigenvalue weighted by Gasteiger charge is 2.10. The number of halogens is 1. The molecule has 7 heteroatoms. The summed E-state index contributed by atoms with van der Waals surface area (Å²) in [6.07, 6.45) is 0. The van der Waals surface area contributed by atoms with Crippen LogP contribution < -0.4 is 14.2 Å². The maximum atomic E-state index is 12.1. The molecule has 0 amide bonds. The van der Waals surface area contributed by atoms with E-state index in [0.717, 1.165) is 0 Å². The third kappa shape index (κ3) is 6.83. The van der Waals surface area contributed by atoms with Gasteiger partial charge in [0.05, 0.1) is 5.56 Å². The summed E-state index contributed by atoms with van der Waals surface area (Å²) < 4.78 is 21.1. The first-order valence-corrected chi connectivity index (χ1v) is 9.52. The summed E-state index contributed by atoms with van der Waals surface area (Å²) >= 11 is 5.79. The zero-order valence-electron chi connectivity index (χ0n) is 16.0. The summed E-state index contributed by atoms with van der Waals surface area (Å²) in [6.45, 7) is 0.110. The van der Waals surface area contributed by atoms with E-state index < -0.39 is 11.9 Å². The maximum Gasteiger partial charge on any atom is 0.349 e. The molecule has 0 aliphatic heterocycles. The van der Waals surface area contributed by atoms with Gasteiger partial charge in [0.1, 0.15) is 30.5 Å². The van der Waals surface area contributed by atoms with Crippen molar-refractivity contribution in [2.75, 3.05) is 19.8 Å². The van der Waals surface area contributed by atoms with Crippen LogP contribution in [0.25, 0.3) is 0 Å². The predicted molar refractivity (Wildman–Crippen MR) is 111 cm³/mol. The lowest BCUT2D eigenvalue weighted by Crippen LogP contribution is -2.17. The molecule has 0 N–H and O–H groups in total. The van der Waals surface area contributed by atoms with Gasteiger partial charge in [-0.25, -0.2) is 9.59 Å². The molecule has 0 bridgehead atoms. The van der Waals surface area contributed by atoms with Gasteiger partial charge in [-0.05, 0) is 60.7 Å². The first-order valence-electron chi connectivity index (χ1n) is 9.14. The average molecular weight is 427 g/mol. The molecule has 0 radical (unpaired) electrons. The Morgan fingerprint density at radius 3 is 2.03 bits per heavy atom. The molecular formula is C23H19ClO6. The van der Waals surface area contributed by atoms with Crippen molar-refractivity contribution >= 4 is 23.5 Å². The molecule has 0 spiro atoms. The summed E-state index contributed by atoms with van der Waals surface area (Å²) in [5.74, 6) is 0.447. The minimum absolute atomic E-state index is 0.118. The van der Waals surface area contributed by atoms with Crippen LogP contribution in [0.3, 0.4) is 0 Å². The zero-order chi connectivity index (χ0) is 21.2. The Morgan fingerprint density at radius 1 is 0.700 bits per heavy atom. The lowest BCUT2D eigenvalue weighted by molar-refractivity contribution is -0.136. The Morgan fingerprint density at radius 2 is 1.33 bits per heavy atom. The van der Waals surface area contributed by atoms with E-state index in [1.54, 1.807) is 24.3 Å². The lowest BCUT2D eigenvalue weighted by atomic mass is 10.2. The van der Waals surface area contributed by atoms with Crippen LogP contribution in [-0.4, -0.2) is 31.8 Å². The molecule has 30 heavy (non-hydrogen) atoms. The van der Waals surface area contributed by atoms with Crippen LogP contribution in [-0.2, 0) is 9.53 Å². The number of ether oxygens (including phenoxy) is 4. The molecule has 154 valence electrons. The van der Waals surface area contributed by atoms with Crippen molar-refractivity contribution in [1.82, 2.24) is 0 Å². The fourth-order valence-corrected chi connectivity index (χ4v) is 2.51. The van der Waals surface area contributed by atoms with Gasteiger partial charge in [-0.1, -0.05) is 29.8 Å². The molecule has 0 aliphatic rings.